The second kappa shape index (κ2) is 14.4. The maximum Gasteiger partial charge on any atom is 0.248 e. The van der Waals surface area contributed by atoms with Crippen molar-refractivity contribution in [2.24, 2.45) is 17.8 Å². The Labute approximate surface area is 291 Å². The van der Waals surface area contributed by atoms with Gasteiger partial charge in [-0.2, -0.15) is 0 Å². The van der Waals surface area contributed by atoms with Crippen LogP contribution in [0, 0.1) is 17.8 Å². The van der Waals surface area contributed by atoms with Crippen LogP contribution in [0.1, 0.15) is 40.0 Å². The number of nitrogens with zero attached hydrogens (tertiary/aromatic N) is 6. The fourth-order valence-corrected chi connectivity index (χ4v) is 10.3. The minimum Gasteiger partial charge on any atom is -0.494 e. The van der Waals surface area contributed by atoms with Crippen molar-refractivity contribution < 1.29 is 24.2 Å². The molecule has 3 aromatic rings. The van der Waals surface area contributed by atoms with Crippen LogP contribution in [0.15, 0.2) is 73.8 Å². The minimum absolute atomic E-state index is 0.0796. The van der Waals surface area contributed by atoms with Gasteiger partial charge in [-0.3, -0.25) is 14.4 Å². The summed E-state index contributed by atoms with van der Waals surface area (Å²) >= 11 is 1.62. The summed E-state index contributed by atoms with van der Waals surface area (Å²) in [6.07, 6.45) is 5.38. The highest BCUT2D eigenvalue weighted by Crippen LogP contribution is 2.67. The highest BCUT2D eigenvalue weighted by Gasteiger charge is 2.75. The normalized spacial score (nSPS) is 25.2. The van der Waals surface area contributed by atoms with E-state index in [1.54, 1.807) is 43.3 Å². The Bertz CT molecular complexity index is 1710. The fraction of sp³-hybridized carbons (Fsp3) is 0.486. The largest absolute Gasteiger partial charge is 0.494 e. The zero-order valence-electron chi connectivity index (χ0n) is 28.5. The van der Waals surface area contributed by atoms with E-state index in [9.17, 15) is 14.7 Å². The van der Waals surface area contributed by atoms with E-state index < -0.39 is 28.7 Å². The number of aromatic nitrogens is 3. The molecule has 2 unspecified atom stereocenters. The lowest BCUT2D eigenvalue weighted by molar-refractivity contribution is -0.147. The average Bonchev–Trinajstić information content (AvgIpc) is 3.87. The zero-order valence-corrected chi connectivity index (χ0v) is 29.3. The van der Waals surface area contributed by atoms with E-state index in [0.29, 0.717) is 42.8 Å². The molecule has 2 aromatic carbocycles. The molecule has 3 aliphatic rings. The lowest BCUT2D eigenvalue weighted by atomic mass is 9.70. The number of aliphatic hydroxyl groups excluding tert-OH is 1. The van der Waals surface area contributed by atoms with Crippen LogP contribution in [0.2, 0.25) is 0 Å². The quantitative estimate of drug-likeness (QED) is 0.232. The summed E-state index contributed by atoms with van der Waals surface area (Å²) in [5, 5.41) is 19.3. The van der Waals surface area contributed by atoms with Crippen molar-refractivity contribution in [3.63, 3.8) is 0 Å². The van der Waals surface area contributed by atoms with Gasteiger partial charge in [0.25, 0.3) is 0 Å². The molecule has 0 saturated carbocycles. The van der Waals surface area contributed by atoms with Crippen LogP contribution < -0.4 is 9.64 Å². The number of rotatable bonds is 15. The first-order valence-electron chi connectivity index (χ1n) is 17.2. The van der Waals surface area contributed by atoms with E-state index in [2.05, 4.69) is 23.5 Å². The Morgan fingerprint density at radius 1 is 1.12 bits per heavy atom. The third-order valence-electron chi connectivity index (χ3n) is 10.5. The maximum absolute atomic E-state index is 15.0. The Kier molecular flexibility index (Phi) is 10.2. The number of carbonyl (C=O) groups is 3. The molecule has 4 heterocycles. The van der Waals surface area contributed by atoms with Crippen LogP contribution in [0.25, 0.3) is 11.0 Å². The average molecular weight is 687 g/mol. The number of hydrogen-bond donors (Lipinski definition) is 1. The third-order valence-corrected chi connectivity index (χ3v) is 12.5. The monoisotopic (exact) mass is 686 g/mol. The summed E-state index contributed by atoms with van der Waals surface area (Å²) in [6, 6.07) is 13.5. The SMILES string of the molecule is C=CCN(Cn1nnc2ccccc21)C(=O)C1N([C@@H](CO)[C@@H](C)CC)C(=O)[C@@H]2[C@@H](C(=O)N(CC=C)c3ccc(OCC)cc3)[C@H]3CCC12S3. The smallest absolute Gasteiger partial charge is 0.248 e. The molecule has 1 spiro atoms. The fourth-order valence-electron chi connectivity index (χ4n) is 8.07. The van der Waals surface area contributed by atoms with Gasteiger partial charge in [-0.15, -0.1) is 30.0 Å². The van der Waals surface area contributed by atoms with Gasteiger partial charge in [-0.25, -0.2) is 4.68 Å². The first-order valence-corrected chi connectivity index (χ1v) is 18.1. The lowest BCUT2D eigenvalue weighted by Gasteiger charge is -2.41. The van der Waals surface area contributed by atoms with Gasteiger partial charge in [0.15, 0.2) is 0 Å². The zero-order chi connectivity index (χ0) is 34.9. The summed E-state index contributed by atoms with van der Waals surface area (Å²) in [6.45, 7) is 14.6. The van der Waals surface area contributed by atoms with Crippen LogP contribution in [0.3, 0.4) is 0 Å². The molecule has 6 rings (SSSR count). The van der Waals surface area contributed by atoms with Crippen LogP contribution in [0.4, 0.5) is 5.69 Å². The Morgan fingerprint density at radius 2 is 1.86 bits per heavy atom. The van der Waals surface area contributed by atoms with Crippen LogP contribution in [-0.2, 0) is 21.1 Å². The predicted molar refractivity (Wildman–Crippen MR) is 191 cm³/mol. The first kappa shape index (κ1) is 34.7. The topological polar surface area (TPSA) is 121 Å². The second-order valence-corrected chi connectivity index (χ2v) is 14.8. The summed E-state index contributed by atoms with van der Waals surface area (Å²) in [7, 11) is 0. The number of aliphatic hydroxyl groups is 1. The van der Waals surface area contributed by atoms with Gasteiger partial charge in [0.1, 0.15) is 24.0 Å². The number of fused-ring (bicyclic) bond motifs is 2. The van der Waals surface area contributed by atoms with E-state index >= 15 is 4.79 Å². The third kappa shape index (κ3) is 5.92. The molecular formula is C37H46N6O5S. The van der Waals surface area contributed by atoms with Gasteiger partial charge in [-0.1, -0.05) is 49.8 Å². The predicted octanol–water partition coefficient (Wildman–Crippen LogP) is 4.52. The van der Waals surface area contributed by atoms with E-state index in [0.717, 1.165) is 5.52 Å². The molecule has 1 aromatic heterocycles. The van der Waals surface area contributed by atoms with Gasteiger partial charge < -0.3 is 24.5 Å². The van der Waals surface area contributed by atoms with Crippen molar-refractivity contribution >= 4 is 46.2 Å². The lowest BCUT2D eigenvalue weighted by Crippen LogP contribution is -2.58. The summed E-state index contributed by atoms with van der Waals surface area (Å²) in [5.74, 6) is -1.36. The van der Waals surface area contributed by atoms with Gasteiger partial charge in [0.05, 0.1) is 41.4 Å². The second-order valence-electron chi connectivity index (χ2n) is 13.2. The number of amides is 3. The molecule has 0 radical (unpaired) electrons. The summed E-state index contributed by atoms with van der Waals surface area (Å²) < 4.78 is 6.47. The van der Waals surface area contributed by atoms with Crippen molar-refractivity contribution in [3.8, 4) is 5.75 Å². The molecule has 3 amide bonds. The van der Waals surface area contributed by atoms with Crippen LogP contribution >= 0.6 is 11.8 Å². The molecule has 11 nitrogen and oxygen atoms in total. The Hall–Kier alpha value is -4.16. The Morgan fingerprint density at radius 3 is 2.53 bits per heavy atom. The number of thioether (sulfide) groups is 1. The molecule has 0 aliphatic carbocycles. The van der Waals surface area contributed by atoms with Gasteiger partial charge in [-0.05, 0) is 62.1 Å². The molecule has 3 aliphatic heterocycles. The standard InChI is InChI=1S/C37H46N6O5S/c1-6-20-40(23-42-28-13-11-10-12-27(28)38-39-42)36(47)33-37-19-18-30(49-37)31(32(37)35(46)43(33)29(22-44)24(5)8-3)34(45)41(21-7-2)25-14-16-26(17-15-25)48-9-4/h6-7,10-17,24,29-33,44H,1-2,8-9,18-23H2,3-5H3/t24-,29-,30+,31-,32-,33?,37?/m0/s1. The number of hydrogen-bond acceptors (Lipinski definition) is 8. The van der Waals surface area contributed by atoms with Crippen LogP contribution in [-0.4, -0.2) is 96.0 Å². The summed E-state index contributed by atoms with van der Waals surface area (Å²) in [5.41, 5.74) is 2.19. The number of anilines is 1. The molecule has 260 valence electrons. The van der Waals surface area contributed by atoms with Gasteiger partial charge in [0.2, 0.25) is 17.7 Å². The van der Waals surface area contributed by atoms with Crippen molar-refractivity contribution in [2.75, 3.05) is 31.2 Å². The number of ether oxygens (including phenoxy) is 1. The molecule has 1 N–H and O–H groups in total. The van der Waals surface area contributed by atoms with Gasteiger partial charge >= 0.3 is 0 Å². The first-order chi connectivity index (χ1) is 23.7. The summed E-state index contributed by atoms with van der Waals surface area (Å²) in [4.78, 5) is 49.6. The van der Waals surface area contributed by atoms with E-state index in [4.69, 9.17) is 4.74 Å². The molecule has 49 heavy (non-hydrogen) atoms. The van der Waals surface area contributed by atoms with Gasteiger partial charge in [0, 0.05) is 24.0 Å². The number of likely N-dealkylation sites (tertiary alicyclic amines) is 1. The number of para-hydroxylation sites is 1. The van der Waals surface area contributed by atoms with Crippen molar-refractivity contribution in [3.05, 3.63) is 73.8 Å². The van der Waals surface area contributed by atoms with Crippen molar-refractivity contribution in [1.82, 2.24) is 24.8 Å². The highest BCUT2D eigenvalue weighted by molar-refractivity contribution is 8.02. The van der Waals surface area contributed by atoms with Crippen molar-refractivity contribution in [1.29, 1.82) is 0 Å². The van der Waals surface area contributed by atoms with E-state index in [1.165, 1.54) is 0 Å². The number of carbonyl (C=O) groups excluding carboxylic acids is 3. The maximum atomic E-state index is 15.0. The Balaban J connectivity index is 1.40. The van der Waals surface area contributed by atoms with Crippen molar-refractivity contribution in [2.45, 2.75) is 68.8 Å². The molecular weight excluding hydrogens is 641 g/mol. The molecule has 3 saturated heterocycles. The highest BCUT2D eigenvalue weighted by atomic mass is 32.2. The number of benzene rings is 2. The molecule has 12 heteroatoms. The van der Waals surface area contributed by atoms with Crippen LogP contribution in [0.5, 0.6) is 5.75 Å². The minimum atomic E-state index is -0.878. The van der Waals surface area contributed by atoms with E-state index in [1.807, 2.05) is 69.3 Å². The molecule has 7 atom stereocenters. The van der Waals surface area contributed by atoms with E-state index in [-0.39, 0.29) is 55.3 Å². The molecule has 3 fully saturated rings. The molecule has 2 bridgehead atoms.